The van der Waals surface area contributed by atoms with Crippen LogP contribution < -0.4 is 15.8 Å². The number of benzene rings is 2. The van der Waals surface area contributed by atoms with Gasteiger partial charge in [0.15, 0.2) is 12.4 Å². The first kappa shape index (κ1) is 19.7. The van der Waals surface area contributed by atoms with Crippen molar-refractivity contribution < 1.29 is 14.3 Å². The number of para-hydroxylation sites is 2. The zero-order chi connectivity index (χ0) is 20.1. The van der Waals surface area contributed by atoms with E-state index in [1.165, 1.54) is 0 Å². The van der Waals surface area contributed by atoms with Crippen LogP contribution >= 0.6 is 23.2 Å². The Labute approximate surface area is 170 Å². The number of ether oxygens (including phenoxy) is 2. The molecule has 3 aromatic rings. The van der Waals surface area contributed by atoms with Gasteiger partial charge in [-0.05, 0) is 24.3 Å². The molecule has 10 heteroatoms. The van der Waals surface area contributed by atoms with Gasteiger partial charge in [-0.15, -0.1) is 0 Å². The number of nitrogens with one attached hydrogen (secondary N) is 1. The smallest absolute Gasteiger partial charge is 0.341 e. The molecule has 0 fully saturated rings. The summed E-state index contributed by atoms with van der Waals surface area (Å²) in [6.45, 7) is -0.242. The number of esters is 1. The largest absolute Gasteiger partial charge is 0.495 e. The van der Waals surface area contributed by atoms with Gasteiger partial charge in [-0.25, -0.2) is 4.79 Å². The fourth-order valence-corrected chi connectivity index (χ4v) is 2.87. The minimum atomic E-state index is -0.700. The second-order valence-corrected chi connectivity index (χ2v) is 6.25. The van der Waals surface area contributed by atoms with Crippen molar-refractivity contribution in [2.75, 3.05) is 18.2 Å². The van der Waals surface area contributed by atoms with Crippen LogP contribution in [0, 0.1) is 0 Å². The zero-order valence-corrected chi connectivity index (χ0v) is 16.2. The van der Waals surface area contributed by atoms with Crippen molar-refractivity contribution in [1.82, 2.24) is 15.0 Å². The predicted octanol–water partition coefficient (Wildman–Crippen LogP) is 3.87. The summed E-state index contributed by atoms with van der Waals surface area (Å²) < 4.78 is 10.5. The van der Waals surface area contributed by atoms with E-state index in [-0.39, 0.29) is 39.9 Å². The van der Waals surface area contributed by atoms with Crippen molar-refractivity contribution in [3.8, 4) is 5.75 Å². The number of nitrogen functional groups attached to an aromatic ring is 1. The van der Waals surface area contributed by atoms with E-state index < -0.39 is 5.97 Å². The van der Waals surface area contributed by atoms with E-state index >= 15 is 0 Å². The van der Waals surface area contributed by atoms with Gasteiger partial charge in [0, 0.05) is 0 Å². The molecule has 0 saturated carbocycles. The highest BCUT2D eigenvalue weighted by Crippen LogP contribution is 2.26. The molecule has 8 nitrogen and oxygen atoms in total. The van der Waals surface area contributed by atoms with E-state index in [4.69, 9.17) is 38.4 Å². The van der Waals surface area contributed by atoms with Crippen molar-refractivity contribution in [3.05, 3.63) is 63.9 Å². The van der Waals surface area contributed by atoms with Crippen molar-refractivity contribution in [2.45, 2.75) is 6.61 Å². The molecule has 3 rings (SSSR count). The van der Waals surface area contributed by atoms with Crippen LogP contribution in [0.2, 0.25) is 10.0 Å². The number of aromatic nitrogens is 3. The van der Waals surface area contributed by atoms with Gasteiger partial charge in [0.1, 0.15) is 5.75 Å². The molecule has 0 amide bonds. The Morgan fingerprint density at radius 2 is 1.79 bits per heavy atom. The number of nitrogens with zero attached hydrogens (tertiary/aromatic N) is 3. The van der Waals surface area contributed by atoms with Crippen LogP contribution in [0.1, 0.15) is 16.2 Å². The summed E-state index contributed by atoms with van der Waals surface area (Å²) in [4.78, 5) is 24.5. The number of anilines is 3. The number of methoxy groups -OCH3 is 1. The second kappa shape index (κ2) is 8.73. The molecule has 0 spiro atoms. The van der Waals surface area contributed by atoms with Gasteiger partial charge in [0.25, 0.3) is 0 Å². The topological polar surface area (TPSA) is 112 Å². The average Bonchev–Trinajstić information content (AvgIpc) is 2.66. The first-order valence-electron chi connectivity index (χ1n) is 7.99. The van der Waals surface area contributed by atoms with Gasteiger partial charge in [-0.2, -0.15) is 15.0 Å². The molecule has 0 unspecified atom stereocenters. The van der Waals surface area contributed by atoms with Crippen molar-refractivity contribution in [3.63, 3.8) is 0 Å². The molecule has 0 bridgehead atoms. The lowest BCUT2D eigenvalue weighted by Gasteiger charge is -2.11. The summed E-state index contributed by atoms with van der Waals surface area (Å²) in [7, 11) is 1.55. The van der Waals surface area contributed by atoms with Crippen LogP contribution in [0.3, 0.4) is 0 Å². The Bertz CT molecular complexity index is 996. The lowest BCUT2D eigenvalue weighted by molar-refractivity contribution is 0.0462. The van der Waals surface area contributed by atoms with Gasteiger partial charge in [-0.3, -0.25) is 0 Å². The average molecular weight is 420 g/mol. The van der Waals surface area contributed by atoms with Crippen LogP contribution in [-0.4, -0.2) is 28.0 Å². The van der Waals surface area contributed by atoms with E-state index in [9.17, 15) is 4.79 Å². The highest BCUT2D eigenvalue weighted by Gasteiger charge is 2.17. The molecule has 1 aromatic heterocycles. The molecule has 0 aliphatic heterocycles. The Hall–Kier alpha value is -3.10. The SMILES string of the molecule is COc1ccccc1Nc1nc(N)nc(COC(=O)c2c(Cl)cccc2Cl)n1. The third-order valence-corrected chi connectivity index (χ3v) is 4.18. The number of halogens is 2. The van der Waals surface area contributed by atoms with Gasteiger partial charge >= 0.3 is 5.97 Å². The third-order valence-electron chi connectivity index (χ3n) is 3.55. The van der Waals surface area contributed by atoms with E-state index in [0.29, 0.717) is 11.4 Å². The number of hydrogen-bond acceptors (Lipinski definition) is 8. The van der Waals surface area contributed by atoms with Crippen molar-refractivity contribution >= 4 is 46.8 Å². The maximum absolute atomic E-state index is 12.3. The van der Waals surface area contributed by atoms with Crippen LogP contribution in [0.15, 0.2) is 42.5 Å². The molecule has 0 radical (unpaired) electrons. The Morgan fingerprint density at radius 3 is 2.50 bits per heavy atom. The molecular formula is C18H15Cl2N5O3. The van der Waals surface area contributed by atoms with Crippen LogP contribution in [0.5, 0.6) is 5.75 Å². The number of carbonyl (C=O) groups excluding carboxylic acids is 1. The summed E-state index contributed by atoms with van der Waals surface area (Å²) in [5, 5.41) is 3.36. The van der Waals surface area contributed by atoms with Gasteiger partial charge < -0.3 is 20.5 Å². The molecule has 28 heavy (non-hydrogen) atoms. The first-order chi connectivity index (χ1) is 13.5. The van der Waals surface area contributed by atoms with E-state index in [0.717, 1.165) is 0 Å². The number of rotatable bonds is 6. The maximum atomic E-state index is 12.3. The standard InChI is InChI=1S/C18H15Cl2N5O3/c1-27-13-8-3-2-7-12(13)22-18-24-14(23-17(21)25-18)9-28-16(26)15-10(19)5-4-6-11(15)20/h2-8H,9H2,1H3,(H3,21,22,23,24,25). The molecule has 0 aliphatic carbocycles. The molecule has 0 saturated heterocycles. The first-order valence-corrected chi connectivity index (χ1v) is 8.75. The Balaban J connectivity index is 1.76. The van der Waals surface area contributed by atoms with Crippen LogP contribution in [0.25, 0.3) is 0 Å². The van der Waals surface area contributed by atoms with Crippen molar-refractivity contribution in [1.29, 1.82) is 0 Å². The molecule has 1 heterocycles. The van der Waals surface area contributed by atoms with Gasteiger partial charge in [0.2, 0.25) is 11.9 Å². The number of hydrogen-bond donors (Lipinski definition) is 2. The molecular weight excluding hydrogens is 405 g/mol. The highest BCUT2D eigenvalue weighted by molar-refractivity contribution is 6.39. The summed E-state index contributed by atoms with van der Waals surface area (Å²) in [5.41, 5.74) is 6.44. The molecule has 0 aliphatic rings. The summed E-state index contributed by atoms with van der Waals surface area (Å²) >= 11 is 12.0. The predicted molar refractivity (Wildman–Crippen MR) is 106 cm³/mol. The normalized spacial score (nSPS) is 10.4. The monoisotopic (exact) mass is 419 g/mol. The summed E-state index contributed by atoms with van der Waals surface area (Å²) in [5.74, 6) is 0.200. The lowest BCUT2D eigenvalue weighted by Crippen LogP contribution is -2.12. The Kier molecular flexibility index (Phi) is 6.13. The highest BCUT2D eigenvalue weighted by atomic mass is 35.5. The van der Waals surface area contributed by atoms with Crippen molar-refractivity contribution in [2.24, 2.45) is 0 Å². The van der Waals surface area contributed by atoms with E-state index in [1.54, 1.807) is 37.4 Å². The number of carbonyl (C=O) groups is 1. The second-order valence-electron chi connectivity index (χ2n) is 5.43. The van der Waals surface area contributed by atoms with E-state index in [1.807, 2.05) is 12.1 Å². The quantitative estimate of drug-likeness (QED) is 0.578. The molecule has 3 N–H and O–H groups in total. The summed E-state index contributed by atoms with van der Waals surface area (Å²) in [6, 6.07) is 11.9. The fraction of sp³-hybridized carbons (Fsp3) is 0.111. The maximum Gasteiger partial charge on any atom is 0.341 e. The zero-order valence-electron chi connectivity index (χ0n) is 14.6. The lowest BCUT2D eigenvalue weighted by atomic mass is 10.2. The fourth-order valence-electron chi connectivity index (χ4n) is 2.32. The van der Waals surface area contributed by atoms with Crippen LogP contribution in [-0.2, 0) is 11.3 Å². The Morgan fingerprint density at radius 1 is 1.07 bits per heavy atom. The molecule has 2 aromatic carbocycles. The van der Waals surface area contributed by atoms with Crippen LogP contribution in [0.4, 0.5) is 17.6 Å². The minimum absolute atomic E-state index is 0.0331. The molecule has 0 atom stereocenters. The summed E-state index contributed by atoms with van der Waals surface area (Å²) in [6.07, 6.45) is 0. The third kappa shape index (κ3) is 4.59. The van der Waals surface area contributed by atoms with Gasteiger partial charge in [0.05, 0.1) is 28.4 Å². The minimum Gasteiger partial charge on any atom is -0.495 e. The van der Waals surface area contributed by atoms with Gasteiger partial charge in [-0.1, -0.05) is 41.4 Å². The van der Waals surface area contributed by atoms with E-state index in [2.05, 4.69) is 20.3 Å². The number of nitrogens with two attached hydrogens (primary N) is 1. The molecule has 144 valence electrons.